The summed E-state index contributed by atoms with van der Waals surface area (Å²) in [6.45, 7) is 3.23. The van der Waals surface area contributed by atoms with E-state index in [2.05, 4.69) is 27.8 Å². The zero-order chi connectivity index (χ0) is 15.0. The lowest BCUT2D eigenvalue weighted by molar-refractivity contribution is 0.0218. The summed E-state index contributed by atoms with van der Waals surface area (Å²) in [5, 5.41) is 0. The van der Waals surface area contributed by atoms with Gasteiger partial charge in [0.1, 0.15) is 0 Å². The third kappa shape index (κ3) is 2.96. The molecule has 0 spiro atoms. The monoisotopic (exact) mass is 350 g/mol. The molecule has 21 heavy (non-hydrogen) atoms. The zero-order valence-electron chi connectivity index (χ0n) is 12.5. The SMILES string of the molecule is CC1CCN(C(=O)c2cc(N)cc(Br)c2)C2CCCCC12. The number of fused-ring (bicyclic) bond motifs is 1. The average molecular weight is 351 g/mol. The molecular formula is C17H23BrN2O. The first-order valence-electron chi connectivity index (χ1n) is 7.93. The van der Waals surface area contributed by atoms with Gasteiger partial charge in [-0.05, 0) is 49.3 Å². The van der Waals surface area contributed by atoms with Crippen LogP contribution in [0, 0.1) is 11.8 Å². The van der Waals surface area contributed by atoms with E-state index < -0.39 is 0 Å². The highest BCUT2D eigenvalue weighted by Gasteiger charge is 2.39. The van der Waals surface area contributed by atoms with E-state index in [1.807, 2.05) is 12.1 Å². The summed E-state index contributed by atoms with van der Waals surface area (Å²) in [5.41, 5.74) is 7.23. The van der Waals surface area contributed by atoms with Crippen molar-refractivity contribution >= 4 is 27.5 Å². The molecule has 3 rings (SSSR count). The number of anilines is 1. The lowest BCUT2D eigenvalue weighted by Gasteiger charge is -2.47. The van der Waals surface area contributed by atoms with Gasteiger partial charge in [-0.2, -0.15) is 0 Å². The third-order valence-corrected chi connectivity index (χ3v) is 5.62. The van der Waals surface area contributed by atoms with E-state index in [0.717, 1.165) is 29.8 Å². The number of halogens is 1. The van der Waals surface area contributed by atoms with Crippen LogP contribution in [-0.2, 0) is 0 Å². The van der Waals surface area contributed by atoms with E-state index in [-0.39, 0.29) is 5.91 Å². The normalized spacial score (nSPS) is 29.0. The van der Waals surface area contributed by atoms with Crippen molar-refractivity contribution in [3.8, 4) is 0 Å². The molecule has 1 aromatic carbocycles. The fourth-order valence-corrected chi connectivity index (χ4v) is 4.58. The molecule has 2 fully saturated rings. The average Bonchev–Trinajstić information content (AvgIpc) is 2.46. The molecule has 1 aliphatic carbocycles. The van der Waals surface area contributed by atoms with E-state index >= 15 is 0 Å². The van der Waals surface area contributed by atoms with Gasteiger partial charge >= 0.3 is 0 Å². The van der Waals surface area contributed by atoms with Gasteiger partial charge in [-0.3, -0.25) is 4.79 Å². The van der Waals surface area contributed by atoms with Crippen LogP contribution in [0.15, 0.2) is 22.7 Å². The number of carbonyl (C=O) groups excluding carboxylic acids is 1. The van der Waals surface area contributed by atoms with E-state index in [9.17, 15) is 4.79 Å². The minimum atomic E-state index is 0.145. The van der Waals surface area contributed by atoms with Crippen molar-refractivity contribution < 1.29 is 4.79 Å². The molecule has 1 heterocycles. The predicted molar refractivity (Wildman–Crippen MR) is 89.1 cm³/mol. The van der Waals surface area contributed by atoms with Crippen LogP contribution in [0.25, 0.3) is 0 Å². The summed E-state index contributed by atoms with van der Waals surface area (Å²) < 4.78 is 0.872. The molecule has 1 amide bonds. The highest BCUT2D eigenvalue weighted by atomic mass is 79.9. The smallest absolute Gasteiger partial charge is 0.254 e. The Labute approximate surface area is 135 Å². The van der Waals surface area contributed by atoms with Gasteiger partial charge < -0.3 is 10.6 Å². The highest BCUT2D eigenvalue weighted by molar-refractivity contribution is 9.10. The number of likely N-dealkylation sites (tertiary alicyclic amines) is 1. The number of nitrogen functional groups attached to an aromatic ring is 1. The Balaban J connectivity index is 1.86. The molecule has 0 radical (unpaired) electrons. The summed E-state index contributed by atoms with van der Waals surface area (Å²) in [7, 11) is 0. The van der Waals surface area contributed by atoms with Crippen LogP contribution < -0.4 is 5.73 Å². The van der Waals surface area contributed by atoms with Crippen LogP contribution in [0.5, 0.6) is 0 Å². The first-order valence-corrected chi connectivity index (χ1v) is 8.72. The Morgan fingerprint density at radius 2 is 2.00 bits per heavy atom. The Hall–Kier alpha value is -1.03. The highest BCUT2D eigenvalue weighted by Crippen LogP contribution is 2.39. The fourth-order valence-electron chi connectivity index (χ4n) is 4.07. The van der Waals surface area contributed by atoms with Crippen molar-refractivity contribution in [2.24, 2.45) is 11.8 Å². The van der Waals surface area contributed by atoms with Crippen molar-refractivity contribution in [1.82, 2.24) is 4.90 Å². The lowest BCUT2D eigenvalue weighted by Crippen LogP contribution is -2.52. The number of piperidine rings is 1. The van der Waals surface area contributed by atoms with Gasteiger partial charge in [-0.25, -0.2) is 0 Å². The lowest BCUT2D eigenvalue weighted by atomic mass is 9.72. The van der Waals surface area contributed by atoms with Crippen LogP contribution in [0.4, 0.5) is 5.69 Å². The van der Waals surface area contributed by atoms with E-state index in [0.29, 0.717) is 23.2 Å². The van der Waals surface area contributed by atoms with Gasteiger partial charge in [0, 0.05) is 28.3 Å². The summed E-state index contributed by atoms with van der Waals surface area (Å²) >= 11 is 3.43. The molecule has 2 N–H and O–H groups in total. The van der Waals surface area contributed by atoms with Gasteiger partial charge in [0.15, 0.2) is 0 Å². The van der Waals surface area contributed by atoms with E-state index in [4.69, 9.17) is 5.73 Å². The molecule has 0 bridgehead atoms. The molecule has 1 saturated heterocycles. The predicted octanol–water partition coefficient (Wildman–Crippen LogP) is 4.07. The van der Waals surface area contributed by atoms with Crippen LogP contribution in [0.3, 0.4) is 0 Å². The second-order valence-corrected chi connectivity index (χ2v) is 7.47. The number of rotatable bonds is 1. The van der Waals surface area contributed by atoms with Crippen molar-refractivity contribution in [2.75, 3.05) is 12.3 Å². The number of nitrogens with zero attached hydrogens (tertiary/aromatic N) is 1. The van der Waals surface area contributed by atoms with Crippen molar-refractivity contribution in [3.63, 3.8) is 0 Å². The topological polar surface area (TPSA) is 46.3 Å². The molecule has 0 aromatic heterocycles. The van der Waals surface area contributed by atoms with Crippen molar-refractivity contribution in [2.45, 2.75) is 45.1 Å². The third-order valence-electron chi connectivity index (χ3n) is 5.17. The Bertz CT molecular complexity index is 525. The Morgan fingerprint density at radius 3 is 2.76 bits per heavy atom. The molecule has 3 atom stereocenters. The number of carbonyl (C=O) groups is 1. The molecule has 114 valence electrons. The molecule has 3 nitrogen and oxygen atoms in total. The molecule has 1 saturated carbocycles. The summed E-state index contributed by atoms with van der Waals surface area (Å²) in [5.74, 6) is 1.57. The van der Waals surface area contributed by atoms with Crippen molar-refractivity contribution in [1.29, 1.82) is 0 Å². The number of amides is 1. The van der Waals surface area contributed by atoms with Crippen LogP contribution >= 0.6 is 15.9 Å². The standard InChI is InChI=1S/C17H23BrN2O/c1-11-6-7-20(16-5-3-2-4-15(11)16)17(21)12-8-13(18)10-14(19)9-12/h8-11,15-16H,2-7,19H2,1H3. The van der Waals surface area contributed by atoms with Crippen molar-refractivity contribution in [3.05, 3.63) is 28.2 Å². The van der Waals surface area contributed by atoms with Gasteiger partial charge in [0.05, 0.1) is 0 Å². The van der Waals surface area contributed by atoms with Crippen LogP contribution in [0.2, 0.25) is 0 Å². The summed E-state index contributed by atoms with van der Waals surface area (Å²) in [4.78, 5) is 15.0. The van der Waals surface area contributed by atoms with Gasteiger partial charge in [-0.1, -0.05) is 35.7 Å². The van der Waals surface area contributed by atoms with Gasteiger partial charge in [0.25, 0.3) is 5.91 Å². The molecule has 1 aliphatic heterocycles. The minimum absolute atomic E-state index is 0.145. The van der Waals surface area contributed by atoms with E-state index in [1.54, 1.807) is 6.07 Å². The molecule has 1 aromatic rings. The van der Waals surface area contributed by atoms with Gasteiger partial charge in [-0.15, -0.1) is 0 Å². The maximum Gasteiger partial charge on any atom is 0.254 e. The van der Waals surface area contributed by atoms with Gasteiger partial charge in [0.2, 0.25) is 0 Å². The number of nitrogens with two attached hydrogens (primary N) is 1. The molecule has 3 unspecified atom stereocenters. The largest absolute Gasteiger partial charge is 0.399 e. The van der Waals surface area contributed by atoms with E-state index in [1.165, 1.54) is 19.3 Å². The van der Waals surface area contributed by atoms with Crippen LogP contribution in [0.1, 0.15) is 49.4 Å². The first-order chi connectivity index (χ1) is 10.1. The Morgan fingerprint density at radius 1 is 1.24 bits per heavy atom. The maximum atomic E-state index is 12.9. The molecule has 4 heteroatoms. The number of hydrogen-bond acceptors (Lipinski definition) is 2. The quantitative estimate of drug-likeness (QED) is 0.775. The van der Waals surface area contributed by atoms with Crippen LogP contribution in [-0.4, -0.2) is 23.4 Å². The second kappa shape index (κ2) is 5.99. The Kier molecular flexibility index (Phi) is 4.25. The minimum Gasteiger partial charge on any atom is -0.399 e. The first kappa shape index (κ1) is 14.9. The molecular weight excluding hydrogens is 328 g/mol. The summed E-state index contributed by atoms with van der Waals surface area (Å²) in [6.07, 6.45) is 6.12. The number of hydrogen-bond donors (Lipinski definition) is 1. The molecule has 2 aliphatic rings. The maximum absolute atomic E-state index is 12.9. The zero-order valence-corrected chi connectivity index (χ0v) is 14.1. The fraction of sp³-hybridized carbons (Fsp3) is 0.588. The summed E-state index contributed by atoms with van der Waals surface area (Å²) in [6, 6.07) is 5.94. The second-order valence-electron chi connectivity index (χ2n) is 6.55. The number of benzene rings is 1.